The van der Waals surface area contributed by atoms with Gasteiger partial charge in [-0.1, -0.05) is 12.1 Å². The predicted molar refractivity (Wildman–Crippen MR) is 79.3 cm³/mol. The fourth-order valence-corrected chi connectivity index (χ4v) is 2.90. The predicted octanol–water partition coefficient (Wildman–Crippen LogP) is 1.70. The lowest BCUT2D eigenvalue weighted by atomic mass is 10.3. The fraction of sp³-hybridized carbons (Fsp3) is 0.0714. The van der Waals surface area contributed by atoms with Gasteiger partial charge in [-0.15, -0.1) is 0 Å². The third-order valence-electron chi connectivity index (χ3n) is 2.75. The minimum absolute atomic E-state index is 0.0319. The molecule has 2 rings (SSSR count). The van der Waals surface area contributed by atoms with Gasteiger partial charge in [0, 0.05) is 5.69 Å². The van der Waals surface area contributed by atoms with Crippen LogP contribution in [0.5, 0.6) is 0 Å². The van der Waals surface area contributed by atoms with Gasteiger partial charge in [0.25, 0.3) is 10.0 Å². The molecule has 23 heavy (non-hydrogen) atoms. The Morgan fingerprint density at radius 1 is 1.09 bits per heavy atom. The maximum atomic E-state index is 13.6. The van der Waals surface area contributed by atoms with Crippen LogP contribution in [0.25, 0.3) is 0 Å². The first kappa shape index (κ1) is 16.8. The number of hydrogen-bond donors (Lipinski definition) is 3. The Morgan fingerprint density at radius 3 is 2.43 bits per heavy atom. The van der Waals surface area contributed by atoms with Gasteiger partial charge < -0.3 is 10.4 Å². The van der Waals surface area contributed by atoms with Crippen LogP contribution in [0.3, 0.4) is 0 Å². The van der Waals surface area contributed by atoms with Crippen molar-refractivity contribution < 1.29 is 27.1 Å². The first-order valence-electron chi connectivity index (χ1n) is 6.31. The Morgan fingerprint density at radius 2 is 1.74 bits per heavy atom. The van der Waals surface area contributed by atoms with E-state index < -0.39 is 39.1 Å². The Bertz CT molecular complexity index is 840. The third-order valence-corrected chi connectivity index (χ3v) is 4.15. The van der Waals surface area contributed by atoms with Crippen molar-refractivity contribution in [2.45, 2.75) is 4.90 Å². The zero-order valence-electron chi connectivity index (χ0n) is 11.6. The highest BCUT2D eigenvalue weighted by atomic mass is 32.2. The Kier molecular flexibility index (Phi) is 4.92. The molecule has 2 aromatic rings. The summed E-state index contributed by atoms with van der Waals surface area (Å²) in [5.74, 6) is -3.44. The maximum absolute atomic E-state index is 13.6. The number of rotatable bonds is 5. The van der Waals surface area contributed by atoms with Crippen LogP contribution in [-0.4, -0.2) is 26.0 Å². The molecule has 0 saturated heterocycles. The minimum atomic E-state index is -4.34. The molecule has 6 nitrogen and oxygen atoms in total. The van der Waals surface area contributed by atoms with E-state index in [1.165, 1.54) is 24.3 Å². The molecule has 9 heteroatoms. The minimum Gasteiger partial charge on any atom is -0.387 e. The van der Waals surface area contributed by atoms with Gasteiger partial charge in [0.2, 0.25) is 5.91 Å². The van der Waals surface area contributed by atoms with Crippen LogP contribution in [0, 0.1) is 11.6 Å². The summed E-state index contributed by atoms with van der Waals surface area (Å²) < 4.78 is 53.1. The molecular formula is C14H12F2N2O4S. The van der Waals surface area contributed by atoms with Crippen molar-refractivity contribution in [3.63, 3.8) is 0 Å². The Hall–Kier alpha value is -2.52. The number of sulfonamides is 1. The number of anilines is 2. The summed E-state index contributed by atoms with van der Waals surface area (Å²) in [5.41, 5.74) is 0.258. The second-order valence-corrected chi connectivity index (χ2v) is 6.10. The zero-order valence-corrected chi connectivity index (χ0v) is 12.4. The molecule has 1 amide bonds. The van der Waals surface area contributed by atoms with Crippen LogP contribution in [0.2, 0.25) is 0 Å². The molecule has 2 aromatic carbocycles. The van der Waals surface area contributed by atoms with Gasteiger partial charge in [-0.25, -0.2) is 17.2 Å². The molecule has 122 valence electrons. The van der Waals surface area contributed by atoms with E-state index in [9.17, 15) is 22.0 Å². The lowest BCUT2D eigenvalue weighted by molar-refractivity contribution is -0.118. The van der Waals surface area contributed by atoms with E-state index in [2.05, 4.69) is 10.0 Å². The quantitative estimate of drug-likeness (QED) is 0.771. The van der Waals surface area contributed by atoms with Crippen molar-refractivity contribution in [3.05, 3.63) is 54.1 Å². The lowest BCUT2D eigenvalue weighted by Crippen LogP contribution is -2.17. The Balaban J connectivity index is 2.29. The number of amides is 1. The molecule has 0 bridgehead atoms. The number of benzene rings is 2. The second-order valence-electron chi connectivity index (χ2n) is 4.44. The van der Waals surface area contributed by atoms with Crippen LogP contribution in [0.1, 0.15) is 0 Å². The van der Waals surface area contributed by atoms with Crippen LogP contribution >= 0.6 is 0 Å². The molecule has 3 N–H and O–H groups in total. The van der Waals surface area contributed by atoms with Crippen molar-refractivity contribution in [2.75, 3.05) is 16.6 Å². The van der Waals surface area contributed by atoms with E-state index in [0.29, 0.717) is 0 Å². The summed E-state index contributed by atoms with van der Waals surface area (Å²) in [4.78, 5) is 10.3. The van der Waals surface area contributed by atoms with Crippen molar-refractivity contribution in [1.82, 2.24) is 0 Å². The summed E-state index contributed by atoms with van der Waals surface area (Å²) in [7, 11) is -4.34. The number of aliphatic hydroxyl groups is 1. The molecule has 0 aliphatic rings. The monoisotopic (exact) mass is 342 g/mol. The van der Waals surface area contributed by atoms with Crippen LogP contribution < -0.4 is 10.0 Å². The number of nitrogens with one attached hydrogen (secondary N) is 2. The van der Waals surface area contributed by atoms with Crippen molar-refractivity contribution >= 4 is 27.3 Å². The Labute approximate surface area is 130 Å². The smallest absolute Gasteiger partial charge is 0.264 e. The molecule has 0 aromatic heterocycles. The van der Waals surface area contributed by atoms with E-state index in [-0.39, 0.29) is 11.4 Å². The van der Waals surface area contributed by atoms with E-state index in [4.69, 9.17) is 5.11 Å². The van der Waals surface area contributed by atoms with Gasteiger partial charge in [-0.3, -0.25) is 9.52 Å². The number of hydrogen-bond acceptors (Lipinski definition) is 4. The molecule has 0 aliphatic carbocycles. The van der Waals surface area contributed by atoms with E-state index >= 15 is 0 Å². The molecule has 0 aliphatic heterocycles. The van der Waals surface area contributed by atoms with E-state index in [0.717, 1.165) is 18.2 Å². The summed E-state index contributed by atoms with van der Waals surface area (Å²) in [6.45, 7) is -0.732. The first-order chi connectivity index (χ1) is 10.8. The SMILES string of the molecule is O=C(CO)Nc1cccc(NS(=O)(=O)c2cccc(F)c2F)c1. The molecule has 0 radical (unpaired) electrons. The number of carbonyl (C=O) groups excluding carboxylic acids is 1. The maximum Gasteiger partial charge on any atom is 0.264 e. The standard InChI is InChI=1S/C14H12F2N2O4S/c15-11-5-2-6-12(14(11)16)23(21,22)18-10-4-1-3-9(7-10)17-13(20)8-19/h1-7,18-19H,8H2,(H,17,20). The molecule has 0 heterocycles. The lowest BCUT2D eigenvalue weighted by Gasteiger charge is -2.10. The van der Waals surface area contributed by atoms with Gasteiger partial charge in [-0.05, 0) is 30.3 Å². The topological polar surface area (TPSA) is 95.5 Å². The van der Waals surface area contributed by atoms with Crippen molar-refractivity contribution in [3.8, 4) is 0 Å². The first-order valence-corrected chi connectivity index (χ1v) is 7.79. The zero-order chi connectivity index (χ0) is 17.0. The van der Waals surface area contributed by atoms with Crippen LogP contribution in [-0.2, 0) is 14.8 Å². The van der Waals surface area contributed by atoms with Crippen LogP contribution in [0.4, 0.5) is 20.2 Å². The second kappa shape index (κ2) is 6.71. The average molecular weight is 342 g/mol. The largest absolute Gasteiger partial charge is 0.387 e. The highest BCUT2D eigenvalue weighted by Crippen LogP contribution is 2.22. The fourth-order valence-electron chi connectivity index (χ4n) is 1.76. The third kappa shape index (κ3) is 4.02. The molecule has 0 fully saturated rings. The van der Waals surface area contributed by atoms with Gasteiger partial charge in [0.1, 0.15) is 11.5 Å². The normalized spacial score (nSPS) is 11.1. The van der Waals surface area contributed by atoms with Crippen LogP contribution in [0.15, 0.2) is 47.4 Å². The highest BCUT2D eigenvalue weighted by molar-refractivity contribution is 7.92. The summed E-state index contributed by atoms with van der Waals surface area (Å²) >= 11 is 0. The molecule has 0 saturated carbocycles. The van der Waals surface area contributed by atoms with Gasteiger partial charge in [0.05, 0.1) is 5.69 Å². The molecule has 0 atom stereocenters. The highest BCUT2D eigenvalue weighted by Gasteiger charge is 2.21. The molecule has 0 unspecified atom stereocenters. The average Bonchev–Trinajstić information content (AvgIpc) is 2.49. The number of halogens is 2. The molecule has 0 spiro atoms. The van der Waals surface area contributed by atoms with Crippen molar-refractivity contribution in [1.29, 1.82) is 0 Å². The molecular weight excluding hydrogens is 330 g/mol. The van der Waals surface area contributed by atoms with E-state index in [1.54, 1.807) is 0 Å². The van der Waals surface area contributed by atoms with Gasteiger partial charge in [-0.2, -0.15) is 0 Å². The summed E-state index contributed by atoms with van der Waals surface area (Å²) in [6.07, 6.45) is 0. The van der Waals surface area contributed by atoms with E-state index in [1.807, 2.05) is 0 Å². The number of aliphatic hydroxyl groups excluding tert-OH is 1. The van der Waals surface area contributed by atoms with Gasteiger partial charge >= 0.3 is 0 Å². The number of carbonyl (C=O) groups is 1. The van der Waals surface area contributed by atoms with Crippen molar-refractivity contribution in [2.24, 2.45) is 0 Å². The summed E-state index contributed by atoms with van der Waals surface area (Å²) in [6, 6.07) is 8.34. The van der Waals surface area contributed by atoms with Gasteiger partial charge in [0.15, 0.2) is 11.6 Å². The summed E-state index contributed by atoms with van der Waals surface area (Å²) in [5, 5.41) is 11.0.